The Kier molecular flexibility index (Phi) is 3.76. The first-order valence-corrected chi connectivity index (χ1v) is 6.33. The molecule has 1 heterocycles. The van der Waals surface area contributed by atoms with Crippen molar-refractivity contribution in [2.24, 2.45) is 5.73 Å². The normalized spacial score (nSPS) is 10.1. The van der Waals surface area contributed by atoms with E-state index in [-0.39, 0.29) is 17.9 Å². The molecule has 98 valence electrons. The number of rotatable bonds is 4. The monoisotopic (exact) mass is 276 g/mol. The summed E-state index contributed by atoms with van der Waals surface area (Å²) in [5.41, 5.74) is 12.0. The predicted molar refractivity (Wildman–Crippen MR) is 73.8 cm³/mol. The van der Waals surface area contributed by atoms with Crippen LogP contribution in [0.15, 0.2) is 29.6 Å². The van der Waals surface area contributed by atoms with E-state index >= 15 is 0 Å². The van der Waals surface area contributed by atoms with E-state index in [4.69, 9.17) is 11.5 Å². The maximum absolute atomic E-state index is 11.8. The molecule has 0 spiro atoms. The molecule has 2 rings (SSSR count). The van der Waals surface area contributed by atoms with E-state index in [2.05, 4.69) is 10.3 Å². The van der Waals surface area contributed by atoms with Gasteiger partial charge in [-0.2, -0.15) is 0 Å². The molecule has 0 unspecified atom stereocenters. The highest BCUT2D eigenvalue weighted by Gasteiger charge is 2.11. The number of hydrogen-bond acceptors (Lipinski definition) is 5. The number of nitrogen functional groups attached to an aromatic ring is 1. The van der Waals surface area contributed by atoms with Crippen LogP contribution in [0.25, 0.3) is 0 Å². The highest BCUT2D eigenvalue weighted by Crippen LogP contribution is 2.16. The number of amides is 2. The highest BCUT2D eigenvalue weighted by atomic mass is 32.1. The second-order valence-corrected chi connectivity index (χ2v) is 4.70. The lowest BCUT2D eigenvalue weighted by Gasteiger charge is -2.07. The molecule has 6 nitrogen and oxygen atoms in total. The molecule has 0 bridgehead atoms. The molecule has 0 fully saturated rings. The molecular formula is C12H12N4O2S. The molecule has 19 heavy (non-hydrogen) atoms. The SMILES string of the molecule is NC(=O)c1ccccc1NC(=O)Cc1csc(N)n1. The first kappa shape index (κ1) is 13.0. The fourth-order valence-electron chi connectivity index (χ4n) is 1.57. The Labute approximate surface area is 113 Å². The summed E-state index contributed by atoms with van der Waals surface area (Å²) in [6, 6.07) is 6.56. The number of benzene rings is 1. The number of aromatic nitrogens is 1. The van der Waals surface area contributed by atoms with Gasteiger partial charge in [0.25, 0.3) is 5.91 Å². The van der Waals surface area contributed by atoms with Crippen LogP contribution in [-0.2, 0) is 11.2 Å². The van der Waals surface area contributed by atoms with E-state index in [1.165, 1.54) is 11.3 Å². The summed E-state index contributed by atoms with van der Waals surface area (Å²) in [7, 11) is 0. The molecular weight excluding hydrogens is 264 g/mol. The van der Waals surface area contributed by atoms with Crippen LogP contribution >= 0.6 is 11.3 Å². The minimum atomic E-state index is -0.589. The molecule has 1 aromatic heterocycles. The number of nitrogens with zero attached hydrogens (tertiary/aromatic N) is 1. The molecule has 0 aliphatic carbocycles. The molecule has 0 saturated carbocycles. The first-order chi connectivity index (χ1) is 9.06. The summed E-state index contributed by atoms with van der Waals surface area (Å²) in [5.74, 6) is -0.868. The van der Waals surface area contributed by atoms with Crippen molar-refractivity contribution in [2.75, 3.05) is 11.1 Å². The highest BCUT2D eigenvalue weighted by molar-refractivity contribution is 7.13. The van der Waals surface area contributed by atoms with Gasteiger partial charge < -0.3 is 16.8 Å². The van der Waals surface area contributed by atoms with E-state index in [9.17, 15) is 9.59 Å². The summed E-state index contributed by atoms with van der Waals surface area (Å²) in [4.78, 5) is 27.0. The number of thiazole rings is 1. The van der Waals surface area contributed by atoms with Gasteiger partial charge in [0.05, 0.1) is 23.4 Å². The van der Waals surface area contributed by atoms with Crippen molar-refractivity contribution in [1.82, 2.24) is 4.98 Å². The lowest BCUT2D eigenvalue weighted by Crippen LogP contribution is -2.19. The minimum Gasteiger partial charge on any atom is -0.375 e. The van der Waals surface area contributed by atoms with Crippen LogP contribution in [0.2, 0.25) is 0 Å². The standard InChI is InChI=1S/C12H12N4O2S/c13-11(18)8-3-1-2-4-9(8)16-10(17)5-7-6-19-12(14)15-7/h1-4,6H,5H2,(H2,13,18)(H2,14,15)(H,16,17). The van der Waals surface area contributed by atoms with Gasteiger partial charge in [-0.3, -0.25) is 9.59 Å². The van der Waals surface area contributed by atoms with Gasteiger partial charge in [0.15, 0.2) is 5.13 Å². The Balaban J connectivity index is 2.09. The Morgan fingerprint density at radius 3 is 2.68 bits per heavy atom. The van der Waals surface area contributed by atoms with Crippen LogP contribution in [0.4, 0.5) is 10.8 Å². The molecule has 5 N–H and O–H groups in total. The molecule has 0 saturated heterocycles. The summed E-state index contributed by atoms with van der Waals surface area (Å²) in [5, 5.41) is 4.77. The number of carbonyl (C=O) groups excluding carboxylic acids is 2. The molecule has 2 aromatic rings. The molecule has 2 amide bonds. The third kappa shape index (κ3) is 3.29. The number of nitrogens with one attached hydrogen (secondary N) is 1. The average Bonchev–Trinajstić information content (AvgIpc) is 2.75. The Hall–Kier alpha value is -2.41. The van der Waals surface area contributed by atoms with Gasteiger partial charge in [-0.05, 0) is 12.1 Å². The third-order valence-corrected chi connectivity index (χ3v) is 3.10. The Morgan fingerprint density at radius 1 is 1.32 bits per heavy atom. The number of hydrogen-bond donors (Lipinski definition) is 3. The number of primary amides is 1. The van der Waals surface area contributed by atoms with Crippen LogP contribution in [-0.4, -0.2) is 16.8 Å². The van der Waals surface area contributed by atoms with Crippen LogP contribution in [0.5, 0.6) is 0 Å². The first-order valence-electron chi connectivity index (χ1n) is 5.45. The number of para-hydroxylation sites is 1. The van der Waals surface area contributed by atoms with E-state index in [1.807, 2.05) is 0 Å². The van der Waals surface area contributed by atoms with Crippen molar-refractivity contribution < 1.29 is 9.59 Å². The molecule has 1 aromatic carbocycles. The second-order valence-electron chi connectivity index (χ2n) is 3.81. The maximum Gasteiger partial charge on any atom is 0.250 e. The van der Waals surface area contributed by atoms with E-state index < -0.39 is 5.91 Å². The summed E-state index contributed by atoms with van der Waals surface area (Å²) >= 11 is 1.27. The topological polar surface area (TPSA) is 111 Å². The van der Waals surface area contributed by atoms with Gasteiger partial charge in [0.1, 0.15) is 0 Å². The van der Waals surface area contributed by atoms with E-state index in [0.717, 1.165) is 0 Å². The fraction of sp³-hybridized carbons (Fsp3) is 0.0833. The van der Waals surface area contributed by atoms with Gasteiger partial charge in [0, 0.05) is 5.38 Å². The Morgan fingerprint density at radius 2 is 2.05 bits per heavy atom. The van der Waals surface area contributed by atoms with Crippen LogP contribution in [0.3, 0.4) is 0 Å². The van der Waals surface area contributed by atoms with E-state index in [0.29, 0.717) is 16.5 Å². The zero-order valence-electron chi connectivity index (χ0n) is 9.92. The fourth-order valence-corrected chi connectivity index (χ4v) is 2.13. The van der Waals surface area contributed by atoms with E-state index in [1.54, 1.807) is 29.6 Å². The molecule has 0 aliphatic rings. The molecule has 7 heteroatoms. The number of anilines is 2. The zero-order valence-corrected chi connectivity index (χ0v) is 10.7. The van der Waals surface area contributed by atoms with Gasteiger partial charge in [-0.25, -0.2) is 4.98 Å². The minimum absolute atomic E-state index is 0.0980. The second kappa shape index (κ2) is 5.49. The summed E-state index contributed by atoms with van der Waals surface area (Å²) in [6.07, 6.45) is 0.0980. The third-order valence-electron chi connectivity index (χ3n) is 2.38. The van der Waals surface area contributed by atoms with Crippen molar-refractivity contribution in [2.45, 2.75) is 6.42 Å². The number of carbonyl (C=O) groups is 2. The van der Waals surface area contributed by atoms with Crippen molar-refractivity contribution in [3.05, 3.63) is 40.9 Å². The molecule has 0 radical (unpaired) electrons. The maximum atomic E-state index is 11.8. The number of nitrogens with two attached hydrogens (primary N) is 2. The largest absolute Gasteiger partial charge is 0.375 e. The lowest BCUT2D eigenvalue weighted by molar-refractivity contribution is -0.115. The van der Waals surface area contributed by atoms with Crippen molar-refractivity contribution in [3.8, 4) is 0 Å². The molecule has 0 aliphatic heterocycles. The van der Waals surface area contributed by atoms with Crippen molar-refractivity contribution >= 4 is 34.0 Å². The smallest absolute Gasteiger partial charge is 0.250 e. The van der Waals surface area contributed by atoms with Crippen LogP contribution in [0, 0.1) is 0 Å². The van der Waals surface area contributed by atoms with Crippen LogP contribution in [0.1, 0.15) is 16.1 Å². The lowest BCUT2D eigenvalue weighted by atomic mass is 10.1. The van der Waals surface area contributed by atoms with Crippen molar-refractivity contribution in [1.29, 1.82) is 0 Å². The molecule has 0 atom stereocenters. The van der Waals surface area contributed by atoms with Gasteiger partial charge in [-0.15, -0.1) is 11.3 Å². The van der Waals surface area contributed by atoms with Crippen molar-refractivity contribution in [3.63, 3.8) is 0 Å². The van der Waals surface area contributed by atoms with Gasteiger partial charge in [-0.1, -0.05) is 12.1 Å². The summed E-state index contributed by atoms with van der Waals surface area (Å²) in [6.45, 7) is 0. The predicted octanol–water partition coefficient (Wildman–Crippen LogP) is 1.01. The average molecular weight is 276 g/mol. The van der Waals surface area contributed by atoms with Crippen LogP contribution < -0.4 is 16.8 Å². The quantitative estimate of drug-likeness (QED) is 0.773. The van der Waals surface area contributed by atoms with Gasteiger partial charge >= 0.3 is 0 Å². The zero-order chi connectivity index (χ0) is 13.8. The van der Waals surface area contributed by atoms with Gasteiger partial charge in [0.2, 0.25) is 5.91 Å². The summed E-state index contributed by atoms with van der Waals surface area (Å²) < 4.78 is 0. The Bertz CT molecular complexity index is 624.